The Balaban J connectivity index is 1.49. The van der Waals surface area contributed by atoms with Gasteiger partial charge < -0.3 is 9.97 Å². The maximum atomic E-state index is 11.3. The Morgan fingerprint density at radius 3 is 1.31 bits per heavy atom. The number of fused-ring (bicyclic) bond motifs is 2. The minimum Gasteiger partial charge on any atom is -0.338 e. The molecular weight excluding hydrogens is 456 g/mol. The van der Waals surface area contributed by atoms with Gasteiger partial charge in [-0.2, -0.15) is 16.8 Å². The summed E-state index contributed by atoms with van der Waals surface area (Å²) in [5.41, 5.74) is 3.50. The smallest absolute Gasteiger partial charge is 0.294 e. The highest BCUT2D eigenvalue weighted by atomic mass is 32.2. The van der Waals surface area contributed by atoms with Gasteiger partial charge in [0.1, 0.15) is 11.6 Å². The highest BCUT2D eigenvalue weighted by molar-refractivity contribution is 7.86. The second-order valence-corrected chi connectivity index (χ2v) is 9.90. The zero-order chi connectivity index (χ0) is 22.7. The molecule has 5 aromatic rings. The van der Waals surface area contributed by atoms with Crippen LogP contribution in [-0.4, -0.2) is 45.9 Å². The Morgan fingerprint density at radius 2 is 0.969 bits per heavy atom. The molecule has 0 saturated carbocycles. The molecule has 0 aliphatic rings. The van der Waals surface area contributed by atoms with Crippen LogP contribution in [0.25, 0.3) is 44.8 Å². The molecule has 0 saturated heterocycles. The molecule has 5 rings (SSSR count). The first-order valence-corrected chi connectivity index (χ1v) is 12.0. The monoisotopic (exact) mass is 470 g/mol. The summed E-state index contributed by atoms with van der Waals surface area (Å²) in [6.07, 6.45) is 0. The lowest BCUT2D eigenvalue weighted by atomic mass is 10.1. The molecule has 0 spiro atoms. The average Bonchev–Trinajstić information content (AvgIpc) is 3.35. The third kappa shape index (κ3) is 3.65. The van der Waals surface area contributed by atoms with Crippen LogP contribution in [0.15, 0.2) is 70.5 Å². The summed E-state index contributed by atoms with van der Waals surface area (Å²) in [6, 6.07) is 15.4. The zero-order valence-corrected chi connectivity index (χ0v) is 17.6. The van der Waals surface area contributed by atoms with E-state index in [2.05, 4.69) is 19.9 Å². The average molecular weight is 470 g/mol. The number of aromatic nitrogens is 4. The molecule has 3 aromatic carbocycles. The molecule has 0 unspecified atom stereocenters. The second kappa shape index (κ2) is 6.97. The van der Waals surface area contributed by atoms with Gasteiger partial charge in [0.15, 0.2) is 0 Å². The highest BCUT2D eigenvalue weighted by Gasteiger charge is 2.14. The molecule has 4 N–H and O–H groups in total. The van der Waals surface area contributed by atoms with E-state index in [9.17, 15) is 25.9 Å². The number of rotatable bonds is 4. The molecule has 2 heterocycles. The van der Waals surface area contributed by atoms with Gasteiger partial charge in [-0.25, -0.2) is 9.97 Å². The van der Waals surface area contributed by atoms with Crippen molar-refractivity contribution in [3.05, 3.63) is 60.7 Å². The predicted molar refractivity (Wildman–Crippen MR) is 116 cm³/mol. The van der Waals surface area contributed by atoms with E-state index < -0.39 is 20.2 Å². The fourth-order valence-corrected chi connectivity index (χ4v) is 4.37. The van der Waals surface area contributed by atoms with Crippen molar-refractivity contribution in [2.45, 2.75) is 9.79 Å². The van der Waals surface area contributed by atoms with Crippen LogP contribution in [-0.2, 0) is 20.2 Å². The zero-order valence-electron chi connectivity index (χ0n) is 16.0. The van der Waals surface area contributed by atoms with Crippen molar-refractivity contribution in [3.8, 4) is 22.8 Å². The maximum absolute atomic E-state index is 11.3. The van der Waals surface area contributed by atoms with E-state index in [0.29, 0.717) is 33.7 Å². The van der Waals surface area contributed by atoms with Crippen molar-refractivity contribution in [2.75, 3.05) is 0 Å². The lowest BCUT2D eigenvalue weighted by Gasteiger charge is -1.99. The van der Waals surface area contributed by atoms with Crippen LogP contribution in [0.1, 0.15) is 0 Å². The molecule has 162 valence electrons. The number of nitrogens with zero attached hydrogens (tertiary/aromatic N) is 2. The topological polar surface area (TPSA) is 166 Å². The van der Waals surface area contributed by atoms with Crippen LogP contribution in [0.5, 0.6) is 0 Å². The van der Waals surface area contributed by atoms with Crippen molar-refractivity contribution in [1.82, 2.24) is 19.9 Å². The summed E-state index contributed by atoms with van der Waals surface area (Å²) in [6.45, 7) is 0. The van der Waals surface area contributed by atoms with E-state index in [0.717, 1.165) is 11.1 Å². The van der Waals surface area contributed by atoms with Crippen molar-refractivity contribution < 1.29 is 25.9 Å². The molecule has 2 aromatic heterocycles. The van der Waals surface area contributed by atoms with E-state index in [1.165, 1.54) is 36.4 Å². The van der Waals surface area contributed by atoms with Gasteiger partial charge in [-0.3, -0.25) is 9.11 Å². The fraction of sp³-hybridized carbons (Fsp3) is 0. The number of hydrogen-bond donors (Lipinski definition) is 4. The van der Waals surface area contributed by atoms with Crippen LogP contribution in [0.2, 0.25) is 0 Å². The Bertz CT molecular complexity index is 1590. The molecule has 0 amide bonds. The third-order valence-electron chi connectivity index (χ3n) is 4.93. The van der Waals surface area contributed by atoms with Crippen molar-refractivity contribution >= 4 is 42.3 Å². The van der Waals surface area contributed by atoms with Crippen LogP contribution in [0, 0.1) is 0 Å². The lowest BCUT2D eigenvalue weighted by Crippen LogP contribution is -1.97. The Kier molecular flexibility index (Phi) is 4.43. The van der Waals surface area contributed by atoms with Gasteiger partial charge in [-0.1, -0.05) is 24.3 Å². The largest absolute Gasteiger partial charge is 0.338 e. The number of H-pyrrole nitrogens is 2. The molecule has 0 atom stereocenters. The van der Waals surface area contributed by atoms with E-state index in [4.69, 9.17) is 0 Å². The fourth-order valence-electron chi connectivity index (χ4n) is 3.36. The van der Waals surface area contributed by atoms with Gasteiger partial charge in [-0.05, 0) is 36.4 Å². The summed E-state index contributed by atoms with van der Waals surface area (Å²) in [7, 11) is -8.63. The summed E-state index contributed by atoms with van der Waals surface area (Å²) in [5.74, 6) is 1.03. The molecule has 0 aliphatic heterocycles. The predicted octanol–water partition coefficient (Wildman–Crippen LogP) is 3.27. The summed E-state index contributed by atoms with van der Waals surface area (Å²) < 4.78 is 63.7. The first-order valence-electron chi connectivity index (χ1n) is 9.13. The number of benzene rings is 3. The van der Waals surface area contributed by atoms with E-state index in [-0.39, 0.29) is 9.79 Å². The number of hydrogen-bond acceptors (Lipinski definition) is 6. The molecule has 0 aliphatic carbocycles. The number of imidazole rings is 2. The Hall–Kier alpha value is -3.58. The van der Waals surface area contributed by atoms with E-state index >= 15 is 0 Å². The first kappa shape index (κ1) is 20.3. The summed E-state index contributed by atoms with van der Waals surface area (Å²) in [4.78, 5) is 14.5. The van der Waals surface area contributed by atoms with Crippen LogP contribution in [0.4, 0.5) is 0 Å². The van der Waals surface area contributed by atoms with Crippen LogP contribution < -0.4 is 0 Å². The minimum absolute atomic E-state index is 0.224. The van der Waals surface area contributed by atoms with Gasteiger partial charge >= 0.3 is 0 Å². The van der Waals surface area contributed by atoms with Crippen LogP contribution in [0.3, 0.4) is 0 Å². The molecule has 32 heavy (non-hydrogen) atoms. The SMILES string of the molecule is O=S(=O)(O)c1ccc2nc(-c3ccc(-c4nc5ccc(S(=O)(=O)O)cc5[nH]4)cc3)[nH]c2c1. The van der Waals surface area contributed by atoms with Gasteiger partial charge in [0.25, 0.3) is 20.2 Å². The molecule has 0 bridgehead atoms. The lowest BCUT2D eigenvalue weighted by molar-refractivity contribution is 0.481. The molecule has 0 radical (unpaired) electrons. The van der Waals surface area contributed by atoms with Crippen LogP contribution >= 0.6 is 0 Å². The summed E-state index contributed by atoms with van der Waals surface area (Å²) in [5, 5.41) is 0. The second-order valence-electron chi connectivity index (χ2n) is 7.06. The molecule has 12 heteroatoms. The van der Waals surface area contributed by atoms with Gasteiger partial charge in [0.2, 0.25) is 0 Å². The Morgan fingerprint density at radius 1 is 0.594 bits per heavy atom. The van der Waals surface area contributed by atoms with E-state index in [1.54, 1.807) is 24.3 Å². The van der Waals surface area contributed by atoms with Crippen molar-refractivity contribution in [2.24, 2.45) is 0 Å². The highest BCUT2D eigenvalue weighted by Crippen LogP contribution is 2.27. The number of aromatic amines is 2. The first-order chi connectivity index (χ1) is 15.1. The third-order valence-corrected chi connectivity index (χ3v) is 6.63. The number of nitrogens with one attached hydrogen (secondary N) is 2. The standard InChI is InChI=1S/C20H14N4O6S2/c25-31(26,27)13-5-7-15-17(9-13)23-19(21-15)11-1-2-12(4-3-11)20-22-16-8-6-14(32(28,29)30)10-18(16)24-20/h1-10H,(H,21,23)(H,22,24)(H,25,26,27)(H,28,29,30). The van der Waals surface area contributed by atoms with Gasteiger partial charge in [0.05, 0.1) is 31.9 Å². The molecule has 10 nitrogen and oxygen atoms in total. The van der Waals surface area contributed by atoms with Crippen molar-refractivity contribution in [1.29, 1.82) is 0 Å². The summed E-state index contributed by atoms with van der Waals surface area (Å²) >= 11 is 0. The van der Waals surface area contributed by atoms with Crippen molar-refractivity contribution in [3.63, 3.8) is 0 Å². The van der Waals surface area contributed by atoms with Gasteiger partial charge in [0, 0.05) is 11.1 Å². The maximum Gasteiger partial charge on any atom is 0.294 e. The molecular formula is C20H14N4O6S2. The quantitative estimate of drug-likeness (QED) is 0.290. The minimum atomic E-state index is -4.31. The normalized spacial score (nSPS) is 12.6. The van der Waals surface area contributed by atoms with Gasteiger partial charge in [-0.15, -0.1) is 0 Å². The van der Waals surface area contributed by atoms with E-state index in [1.807, 2.05) is 0 Å². The molecule has 0 fully saturated rings. The Labute approximate surface area is 181 Å².